The number of nitrogens with two attached hydrogens (primary N) is 1. The highest BCUT2D eigenvalue weighted by molar-refractivity contribution is 5.85. The number of nitrogens with zero attached hydrogens (tertiary/aromatic N) is 2. The normalized spacial score (nSPS) is 14.5. The first-order valence-electron chi connectivity index (χ1n) is 5.65. The highest BCUT2D eigenvalue weighted by Gasteiger charge is 2.24. The molecule has 0 aromatic rings. The third kappa shape index (κ3) is 5.04. The van der Waals surface area contributed by atoms with E-state index in [1.54, 1.807) is 19.0 Å². The molecule has 0 aliphatic rings. The van der Waals surface area contributed by atoms with E-state index in [1.807, 2.05) is 20.8 Å². The maximum atomic E-state index is 11.6. The smallest absolute Gasteiger partial charge is 0.238 e. The minimum Gasteiger partial charge on any atom is -0.409 e. The summed E-state index contributed by atoms with van der Waals surface area (Å²) in [5, 5.41) is 14.7. The standard InChI is InChI=1S/C11H24N4O2/c1-8(9(16)15(4)5)13-7-6-11(2,3)10(12)14-17/h8,13,17H,6-7H2,1-5H3,(H2,12,14). The van der Waals surface area contributed by atoms with Crippen LogP contribution < -0.4 is 11.1 Å². The van der Waals surface area contributed by atoms with Crippen molar-refractivity contribution in [2.45, 2.75) is 33.2 Å². The third-order valence-electron chi connectivity index (χ3n) is 2.81. The molecule has 0 saturated heterocycles. The van der Waals surface area contributed by atoms with E-state index in [1.165, 1.54) is 0 Å². The van der Waals surface area contributed by atoms with E-state index >= 15 is 0 Å². The molecule has 100 valence electrons. The second-order valence-corrected chi connectivity index (χ2v) is 5.03. The van der Waals surface area contributed by atoms with Crippen molar-refractivity contribution in [3.05, 3.63) is 0 Å². The second kappa shape index (κ2) is 6.44. The fraction of sp³-hybridized carbons (Fsp3) is 0.818. The van der Waals surface area contributed by atoms with Gasteiger partial charge >= 0.3 is 0 Å². The maximum Gasteiger partial charge on any atom is 0.238 e. The highest BCUT2D eigenvalue weighted by Crippen LogP contribution is 2.19. The number of carbonyl (C=O) groups excluding carboxylic acids is 1. The van der Waals surface area contributed by atoms with Crippen LogP contribution in [0.3, 0.4) is 0 Å². The first kappa shape index (κ1) is 15.7. The van der Waals surface area contributed by atoms with E-state index in [0.29, 0.717) is 13.0 Å². The van der Waals surface area contributed by atoms with Crippen molar-refractivity contribution in [3.8, 4) is 0 Å². The second-order valence-electron chi connectivity index (χ2n) is 5.03. The first-order valence-corrected chi connectivity index (χ1v) is 5.65. The van der Waals surface area contributed by atoms with Gasteiger partial charge in [-0.1, -0.05) is 19.0 Å². The number of hydrogen-bond acceptors (Lipinski definition) is 4. The van der Waals surface area contributed by atoms with Crippen LogP contribution in [0.2, 0.25) is 0 Å². The van der Waals surface area contributed by atoms with E-state index in [9.17, 15) is 4.79 Å². The molecule has 0 aliphatic carbocycles. The van der Waals surface area contributed by atoms with Crippen molar-refractivity contribution in [3.63, 3.8) is 0 Å². The zero-order valence-electron chi connectivity index (χ0n) is 11.3. The minimum atomic E-state index is -0.386. The average molecular weight is 244 g/mol. The molecule has 0 fully saturated rings. The van der Waals surface area contributed by atoms with Crippen LogP contribution in [0.5, 0.6) is 0 Å². The average Bonchev–Trinajstić information content (AvgIpc) is 2.26. The molecular weight excluding hydrogens is 220 g/mol. The van der Waals surface area contributed by atoms with E-state index in [0.717, 1.165) is 0 Å². The minimum absolute atomic E-state index is 0.0339. The van der Waals surface area contributed by atoms with E-state index in [-0.39, 0.29) is 23.2 Å². The lowest BCUT2D eigenvalue weighted by Gasteiger charge is -2.24. The van der Waals surface area contributed by atoms with Gasteiger partial charge in [-0.15, -0.1) is 0 Å². The van der Waals surface area contributed by atoms with E-state index in [2.05, 4.69) is 10.5 Å². The van der Waals surface area contributed by atoms with Gasteiger partial charge in [-0.2, -0.15) is 0 Å². The summed E-state index contributed by atoms with van der Waals surface area (Å²) in [5.74, 6) is 0.234. The molecule has 1 unspecified atom stereocenters. The fourth-order valence-corrected chi connectivity index (χ4v) is 1.34. The van der Waals surface area contributed by atoms with Crippen LogP contribution in [0.15, 0.2) is 5.16 Å². The topological polar surface area (TPSA) is 91.0 Å². The lowest BCUT2D eigenvalue weighted by atomic mass is 9.88. The molecule has 0 aromatic heterocycles. The van der Waals surface area contributed by atoms with Crippen molar-refractivity contribution in [2.75, 3.05) is 20.6 Å². The number of amides is 1. The molecule has 1 atom stereocenters. The Bertz CT molecular complexity index is 287. The Morgan fingerprint density at radius 2 is 2.06 bits per heavy atom. The Balaban J connectivity index is 4.12. The van der Waals surface area contributed by atoms with Crippen molar-refractivity contribution < 1.29 is 10.0 Å². The Kier molecular flexibility index (Phi) is 5.95. The highest BCUT2D eigenvalue weighted by atomic mass is 16.4. The van der Waals surface area contributed by atoms with Gasteiger partial charge < -0.3 is 21.2 Å². The summed E-state index contributed by atoms with van der Waals surface area (Å²) in [6.07, 6.45) is 0.688. The fourth-order valence-electron chi connectivity index (χ4n) is 1.34. The van der Waals surface area contributed by atoms with Crippen LogP contribution >= 0.6 is 0 Å². The van der Waals surface area contributed by atoms with Gasteiger partial charge in [0.25, 0.3) is 0 Å². The Hall–Kier alpha value is -1.30. The maximum absolute atomic E-state index is 11.6. The summed E-state index contributed by atoms with van der Waals surface area (Å²) in [5.41, 5.74) is 5.19. The number of amidine groups is 1. The molecule has 0 radical (unpaired) electrons. The van der Waals surface area contributed by atoms with Crippen LogP contribution in [0.1, 0.15) is 27.2 Å². The van der Waals surface area contributed by atoms with Crippen molar-refractivity contribution >= 4 is 11.7 Å². The lowest BCUT2D eigenvalue weighted by molar-refractivity contribution is -0.130. The van der Waals surface area contributed by atoms with Gasteiger partial charge in [0, 0.05) is 19.5 Å². The number of nitrogens with one attached hydrogen (secondary N) is 1. The summed E-state index contributed by atoms with van der Waals surface area (Å²) in [7, 11) is 3.45. The number of likely N-dealkylation sites (N-methyl/N-ethyl adjacent to an activating group) is 1. The van der Waals surface area contributed by atoms with E-state index < -0.39 is 0 Å². The molecule has 0 aliphatic heterocycles. The summed E-state index contributed by atoms with van der Waals surface area (Å²) in [6, 6.07) is -0.229. The third-order valence-corrected chi connectivity index (χ3v) is 2.81. The Morgan fingerprint density at radius 3 is 2.47 bits per heavy atom. The zero-order chi connectivity index (χ0) is 13.6. The van der Waals surface area contributed by atoms with Gasteiger partial charge in [-0.05, 0) is 19.9 Å². The van der Waals surface area contributed by atoms with Crippen molar-refractivity contribution in [2.24, 2.45) is 16.3 Å². The van der Waals surface area contributed by atoms with Crippen LogP contribution in [-0.2, 0) is 4.79 Å². The zero-order valence-corrected chi connectivity index (χ0v) is 11.3. The van der Waals surface area contributed by atoms with Crippen LogP contribution in [0.25, 0.3) is 0 Å². The summed E-state index contributed by atoms with van der Waals surface area (Å²) in [6.45, 7) is 6.23. The van der Waals surface area contributed by atoms with E-state index in [4.69, 9.17) is 10.9 Å². The van der Waals surface area contributed by atoms with Crippen LogP contribution in [-0.4, -0.2) is 48.5 Å². The summed E-state index contributed by atoms with van der Waals surface area (Å²) >= 11 is 0. The number of oxime groups is 1. The molecule has 0 spiro atoms. The summed E-state index contributed by atoms with van der Waals surface area (Å²) in [4.78, 5) is 13.1. The Labute approximate surface area is 103 Å². The van der Waals surface area contributed by atoms with Gasteiger partial charge in [0.2, 0.25) is 5.91 Å². The quantitative estimate of drug-likeness (QED) is 0.270. The number of hydrogen-bond donors (Lipinski definition) is 3. The molecule has 6 heteroatoms. The van der Waals surface area contributed by atoms with Gasteiger partial charge in [-0.3, -0.25) is 4.79 Å². The van der Waals surface area contributed by atoms with Gasteiger partial charge in [0.15, 0.2) is 0 Å². The molecule has 4 N–H and O–H groups in total. The van der Waals surface area contributed by atoms with Gasteiger partial charge in [0.1, 0.15) is 5.84 Å². The SMILES string of the molecule is CC(NCCC(C)(C)C(N)=NO)C(=O)N(C)C. The first-order chi connectivity index (χ1) is 7.72. The molecular formula is C11H24N4O2. The number of carbonyl (C=O) groups is 1. The van der Waals surface area contributed by atoms with Crippen LogP contribution in [0, 0.1) is 5.41 Å². The van der Waals surface area contributed by atoms with Crippen molar-refractivity contribution in [1.29, 1.82) is 0 Å². The molecule has 0 bridgehead atoms. The monoisotopic (exact) mass is 244 g/mol. The molecule has 0 aromatic carbocycles. The predicted octanol–water partition coefficient (Wildman–Crippen LogP) is 0.215. The lowest BCUT2D eigenvalue weighted by Crippen LogP contribution is -2.43. The Morgan fingerprint density at radius 1 is 1.53 bits per heavy atom. The van der Waals surface area contributed by atoms with Crippen molar-refractivity contribution in [1.82, 2.24) is 10.2 Å². The molecule has 6 nitrogen and oxygen atoms in total. The molecule has 0 rings (SSSR count). The molecule has 0 heterocycles. The molecule has 17 heavy (non-hydrogen) atoms. The predicted molar refractivity (Wildman–Crippen MR) is 68.0 cm³/mol. The summed E-state index contributed by atoms with van der Waals surface area (Å²) < 4.78 is 0. The number of rotatable bonds is 6. The molecule has 0 saturated carbocycles. The van der Waals surface area contributed by atoms with Crippen LogP contribution in [0.4, 0.5) is 0 Å². The van der Waals surface area contributed by atoms with Gasteiger partial charge in [0.05, 0.1) is 6.04 Å². The largest absolute Gasteiger partial charge is 0.409 e. The van der Waals surface area contributed by atoms with Gasteiger partial charge in [-0.25, -0.2) is 0 Å². The molecule has 1 amide bonds.